The Morgan fingerprint density at radius 1 is 1.14 bits per heavy atom. The van der Waals surface area contributed by atoms with Gasteiger partial charge in [-0.25, -0.2) is 18.4 Å². The molecule has 3 aliphatic rings. The first-order chi connectivity index (χ1) is 27.3. The monoisotopic (exact) mass is 819 g/mol. The van der Waals surface area contributed by atoms with Crippen LogP contribution in [0.2, 0.25) is 0 Å². The zero-order chi connectivity index (χ0) is 41.9. The second-order valence-electron chi connectivity index (χ2n) is 17.7. The first-order valence-electron chi connectivity index (χ1n) is 19.5. The highest BCUT2D eigenvalue weighted by molar-refractivity contribution is 7.23. The quantitative estimate of drug-likeness (QED) is 0.167. The molecule has 0 radical (unpaired) electrons. The van der Waals surface area contributed by atoms with Crippen LogP contribution in [0.25, 0.3) is 32.1 Å². The van der Waals surface area contributed by atoms with Gasteiger partial charge in [0.15, 0.2) is 0 Å². The van der Waals surface area contributed by atoms with E-state index in [-0.39, 0.29) is 47.1 Å². The Morgan fingerprint density at radius 3 is 2.57 bits per heavy atom. The lowest BCUT2D eigenvalue weighted by atomic mass is 9.69. The zero-order valence-electron chi connectivity index (χ0n) is 34.2. The van der Waals surface area contributed by atoms with Gasteiger partial charge in [0.05, 0.1) is 39.5 Å². The molecule has 2 N–H and O–H groups in total. The molecule has 0 bridgehead atoms. The molecule has 5 heterocycles. The van der Waals surface area contributed by atoms with Gasteiger partial charge in [-0.05, 0) is 81.3 Å². The second kappa shape index (κ2) is 15.1. The minimum Gasteiger partial charge on any atom is -0.465 e. The molecule has 3 fully saturated rings. The lowest BCUT2D eigenvalue weighted by Crippen LogP contribution is -2.66. The predicted octanol–water partition coefficient (Wildman–Crippen LogP) is 8.44. The third kappa shape index (κ3) is 7.15. The van der Waals surface area contributed by atoms with Gasteiger partial charge in [0.25, 0.3) is 0 Å². The van der Waals surface area contributed by atoms with Crippen LogP contribution in [0.4, 0.5) is 29.2 Å². The molecule has 2 amide bonds. The van der Waals surface area contributed by atoms with Crippen LogP contribution in [0, 0.1) is 22.6 Å². The molecule has 0 aliphatic carbocycles. The Balaban J connectivity index is 1.36. The normalized spacial score (nSPS) is 23.6. The number of nitrogens with zero attached hydrogens (tertiary/aromatic N) is 6. The molecule has 3 saturated heterocycles. The summed E-state index contributed by atoms with van der Waals surface area (Å²) in [6.45, 7) is 13.0. The molecule has 3 aliphatic heterocycles. The summed E-state index contributed by atoms with van der Waals surface area (Å²) in [4.78, 5) is 41.1. The molecule has 13 nitrogen and oxygen atoms in total. The van der Waals surface area contributed by atoms with Crippen LogP contribution in [-0.2, 0) is 9.47 Å². The van der Waals surface area contributed by atoms with Crippen molar-refractivity contribution in [2.75, 3.05) is 57.2 Å². The third-order valence-corrected chi connectivity index (χ3v) is 13.2. The number of thiophene rings is 1. The van der Waals surface area contributed by atoms with Crippen LogP contribution in [0.1, 0.15) is 72.8 Å². The van der Waals surface area contributed by atoms with Crippen LogP contribution in [0.5, 0.6) is 6.01 Å². The molecular formula is C42H51F2N7O6S. The summed E-state index contributed by atoms with van der Waals surface area (Å²) in [6, 6.07) is 10.3. The topological polar surface area (TPSA) is 153 Å². The summed E-state index contributed by atoms with van der Waals surface area (Å²) in [5.74, 6) is -0.0428. The van der Waals surface area contributed by atoms with E-state index >= 15 is 4.39 Å². The van der Waals surface area contributed by atoms with Gasteiger partial charge < -0.3 is 24.2 Å². The van der Waals surface area contributed by atoms with E-state index in [0.29, 0.717) is 52.6 Å². The first kappa shape index (κ1) is 41.3. The number of carboxylic acid groups (broad SMARTS) is 1. The minimum atomic E-state index is -1.03. The van der Waals surface area contributed by atoms with Crippen molar-refractivity contribution in [3.8, 4) is 23.2 Å². The number of fused-ring (bicyclic) bond motifs is 3. The van der Waals surface area contributed by atoms with Crippen LogP contribution in [-0.4, -0.2) is 113 Å². The highest BCUT2D eigenvalue weighted by Gasteiger charge is 2.59. The number of likely N-dealkylation sites (N-methyl/N-ethyl adjacent to an activating group) is 1. The van der Waals surface area contributed by atoms with Gasteiger partial charge in [0, 0.05) is 44.4 Å². The van der Waals surface area contributed by atoms with Crippen molar-refractivity contribution in [3.05, 3.63) is 41.7 Å². The number of hydrogen-bond acceptors (Lipinski definition) is 11. The molecular weight excluding hydrogens is 769 g/mol. The number of methoxy groups -OCH3 is 1. The maximum Gasteiger partial charge on any atom is 0.412 e. The van der Waals surface area contributed by atoms with E-state index in [1.165, 1.54) is 11.0 Å². The third-order valence-electron chi connectivity index (χ3n) is 12.1. The molecule has 7 rings (SSSR count). The van der Waals surface area contributed by atoms with E-state index in [1.54, 1.807) is 33.9 Å². The molecule has 310 valence electrons. The Hall–Kier alpha value is -4.85. The Labute approximate surface area is 340 Å². The van der Waals surface area contributed by atoms with E-state index < -0.39 is 46.3 Å². The van der Waals surface area contributed by atoms with Crippen molar-refractivity contribution >= 4 is 55.3 Å². The highest BCUT2D eigenvalue weighted by Crippen LogP contribution is 2.48. The van der Waals surface area contributed by atoms with Crippen molar-refractivity contribution in [2.45, 2.75) is 96.1 Å². The van der Waals surface area contributed by atoms with Crippen molar-refractivity contribution in [1.82, 2.24) is 19.8 Å². The van der Waals surface area contributed by atoms with Gasteiger partial charge in [0.1, 0.15) is 41.1 Å². The van der Waals surface area contributed by atoms with Crippen LogP contribution < -0.4 is 15.0 Å². The predicted molar refractivity (Wildman–Crippen MR) is 219 cm³/mol. The van der Waals surface area contributed by atoms with E-state index in [0.717, 1.165) is 30.7 Å². The van der Waals surface area contributed by atoms with Gasteiger partial charge in [-0.3, -0.25) is 15.1 Å². The lowest BCUT2D eigenvalue weighted by molar-refractivity contribution is -0.0346. The molecule has 4 aromatic rings. The Bertz CT molecular complexity index is 2300. The average Bonchev–Trinajstić information content (AvgIpc) is 3.89. The fourth-order valence-electron chi connectivity index (χ4n) is 9.56. The molecule has 2 unspecified atom stereocenters. The molecule has 2 aromatic carbocycles. The van der Waals surface area contributed by atoms with Crippen LogP contribution in [0.3, 0.4) is 0 Å². The number of halogens is 2. The number of rotatable bonds is 9. The maximum atomic E-state index is 15.5. The average molecular weight is 820 g/mol. The Kier molecular flexibility index (Phi) is 10.7. The van der Waals surface area contributed by atoms with Gasteiger partial charge in [0.2, 0.25) is 0 Å². The van der Waals surface area contributed by atoms with E-state index in [9.17, 15) is 24.3 Å². The number of aromatic nitrogens is 2. The fraction of sp³-hybridized carbons (Fsp3) is 0.548. The largest absolute Gasteiger partial charge is 0.465 e. The number of amides is 2. The summed E-state index contributed by atoms with van der Waals surface area (Å²) in [5, 5.41) is 24.6. The number of hydrogen-bond donors (Lipinski definition) is 2. The van der Waals surface area contributed by atoms with Crippen LogP contribution in [0.15, 0.2) is 30.3 Å². The van der Waals surface area contributed by atoms with Crippen molar-refractivity contribution in [2.24, 2.45) is 5.41 Å². The molecule has 16 heteroatoms. The van der Waals surface area contributed by atoms with E-state index in [2.05, 4.69) is 16.3 Å². The number of anilines is 2. The minimum absolute atomic E-state index is 0.0811. The number of carbonyl (C=O) groups excluding carboxylic acids is 1. The summed E-state index contributed by atoms with van der Waals surface area (Å²) in [7, 11) is 3.46. The summed E-state index contributed by atoms with van der Waals surface area (Å²) in [6.07, 6.45) is -0.143. The first-order valence-corrected chi connectivity index (χ1v) is 20.4. The van der Waals surface area contributed by atoms with Gasteiger partial charge in [-0.2, -0.15) is 15.2 Å². The Morgan fingerprint density at radius 2 is 1.90 bits per heavy atom. The molecule has 4 atom stereocenters. The van der Waals surface area contributed by atoms with Gasteiger partial charge in [-0.15, -0.1) is 11.3 Å². The molecule has 0 saturated carbocycles. The second-order valence-corrected chi connectivity index (χ2v) is 18.7. The van der Waals surface area contributed by atoms with Gasteiger partial charge >= 0.3 is 18.2 Å². The van der Waals surface area contributed by atoms with Crippen molar-refractivity contribution in [1.29, 1.82) is 5.26 Å². The SMILES string of the molecule is COCC1(C(C)(C)C)C(N(C)c2nc(OC[C@@]34CCCN3C[C@H](F)C4)nc3cc(-c4ccc(F)c5sc(NC(=O)OC(C)(C)C)c(C#N)c45)ccc23)CCN1C(=O)O. The number of carbonyl (C=O) groups is 2. The zero-order valence-corrected chi connectivity index (χ0v) is 35.1. The molecule has 58 heavy (non-hydrogen) atoms. The number of nitrogens with one attached hydrogen (secondary N) is 1. The smallest absolute Gasteiger partial charge is 0.412 e. The lowest BCUT2D eigenvalue weighted by Gasteiger charge is -2.52. The molecule has 2 aromatic heterocycles. The van der Waals surface area contributed by atoms with Gasteiger partial charge in [-0.1, -0.05) is 32.9 Å². The van der Waals surface area contributed by atoms with E-state index in [4.69, 9.17) is 24.2 Å². The van der Waals surface area contributed by atoms with Crippen molar-refractivity contribution < 1.29 is 37.7 Å². The fourth-order valence-corrected chi connectivity index (χ4v) is 10.6. The van der Waals surface area contributed by atoms with Crippen molar-refractivity contribution in [3.63, 3.8) is 0 Å². The summed E-state index contributed by atoms with van der Waals surface area (Å²) >= 11 is 0.950. The van der Waals surface area contributed by atoms with E-state index in [1.807, 2.05) is 50.9 Å². The summed E-state index contributed by atoms with van der Waals surface area (Å²) < 4.78 is 48.0. The standard InChI is InChI=1S/C42H51F2N7O6S/c1-39(2,3)42(23-55-8)31(14-17-51(42)38(53)54)49(7)34-27-11-10-24(18-30(27)46-36(47-34)56-22-41-15-9-16-50(41)21-25(43)19-41)26-12-13-29(44)33-32(26)28(20-45)35(58-33)48-37(52)57-40(4,5)6/h10-13,18,25,31H,9,14-17,19,21-23H2,1-8H3,(H,48,52)(H,53,54)/t25-,31?,41+,42?/m1/s1. The number of likely N-dealkylation sites (tertiary alicyclic amines) is 1. The number of alkyl halides is 1. The summed E-state index contributed by atoms with van der Waals surface area (Å²) in [5.41, 5.74) is -1.05. The highest BCUT2D eigenvalue weighted by atomic mass is 32.1. The molecule has 0 spiro atoms. The number of ether oxygens (including phenoxy) is 3. The number of nitriles is 1. The van der Waals surface area contributed by atoms with Crippen LogP contribution >= 0.6 is 11.3 Å². The maximum absolute atomic E-state index is 15.5. The number of benzene rings is 2.